The molecule has 1 heterocycles. The van der Waals surface area contributed by atoms with E-state index in [0.29, 0.717) is 17.5 Å². The smallest absolute Gasteiger partial charge is 0.335 e. The summed E-state index contributed by atoms with van der Waals surface area (Å²) in [6.07, 6.45) is 6.21. The predicted octanol–water partition coefficient (Wildman–Crippen LogP) is 8.46. The van der Waals surface area contributed by atoms with E-state index >= 15 is 0 Å². The van der Waals surface area contributed by atoms with Crippen LogP contribution in [0.4, 0.5) is 10.8 Å². The number of aromatic carboxylic acids is 1. The molecule has 1 saturated carbocycles. The third kappa shape index (κ3) is 6.32. The van der Waals surface area contributed by atoms with E-state index in [4.69, 9.17) is 21.3 Å². The first-order chi connectivity index (χ1) is 18.1. The number of rotatable bonds is 9. The SMILES string of the molecule is O=C(O)c1ccc(N(CC2CCCCC2)c2nc(-c3cc(Cl)ccc3OCc3ccccc3)cs2)cc1. The number of halogens is 1. The Morgan fingerprint density at radius 2 is 1.78 bits per heavy atom. The minimum Gasteiger partial charge on any atom is -0.488 e. The fraction of sp³-hybridized carbons (Fsp3) is 0.267. The highest BCUT2D eigenvalue weighted by Gasteiger charge is 2.22. The number of carboxylic acids is 1. The van der Waals surface area contributed by atoms with E-state index in [1.807, 2.05) is 66.0 Å². The van der Waals surface area contributed by atoms with Gasteiger partial charge in [0.2, 0.25) is 0 Å². The number of nitrogens with zero attached hydrogens (tertiary/aromatic N) is 2. The zero-order chi connectivity index (χ0) is 25.6. The second-order valence-corrected chi connectivity index (χ2v) is 10.7. The highest BCUT2D eigenvalue weighted by Crippen LogP contribution is 2.39. The molecule has 1 aromatic heterocycles. The minimum atomic E-state index is -0.925. The van der Waals surface area contributed by atoms with Gasteiger partial charge in [0, 0.05) is 28.2 Å². The Balaban J connectivity index is 1.44. The summed E-state index contributed by atoms with van der Waals surface area (Å²) in [5.41, 5.74) is 3.97. The monoisotopic (exact) mass is 532 g/mol. The molecule has 0 saturated heterocycles. The molecule has 0 radical (unpaired) electrons. The summed E-state index contributed by atoms with van der Waals surface area (Å²) in [6, 6.07) is 22.8. The van der Waals surface area contributed by atoms with Crippen molar-refractivity contribution in [3.8, 4) is 17.0 Å². The molecular weight excluding hydrogens is 504 g/mol. The van der Waals surface area contributed by atoms with Gasteiger partial charge >= 0.3 is 5.97 Å². The quantitative estimate of drug-likeness (QED) is 0.234. The number of ether oxygens (including phenoxy) is 1. The minimum absolute atomic E-state index is 0.278. The van der Waals surface area contributed by atoms with E-state index < -0.39 is 5.97 Å². The molecule has 1 fully saturated rings. The van der Waals surface area contributed by atoms with Crippen molar-refractivity contribution in [1.29, 1.82) is 0 Å². The molecule has 5 nitrogen and oxygen atoms in total. The lowest BCUT2D eigenvalue weighted by Gasteiger charge is -2.29. The van der Waals surface area contributed by atoms with Gasteiger partial charge in [-0.3, -0.25) is 0 Å². The standard InChI is InChI=1S/C30H29ClN2O3S/c31-24-13-16-28(36-19-22-9-5-2-6-10-22)26(17-24)27-20-37-30(32-27)33(18-21-7-3-1-4-8-21)25-14-11-23(12-15-25)29(34)35/h2,5-6,9-17,20-21H,1,3-4,7-8,18-19H2,(H,34,35). The fourth-order valence-corrected chi connectivity index (χ4v) is 5.81. The molecule has 0 spiro atoms. The highest BCUT2D eigenvalue weighted by atomic mass is 35.5. The summed E-state index contributed by atoms with van der Waals surface area (Å²) < 4.78 is 6.18. The van der Waals surface area contributed by atoms with Gasteiger partial charge in [-0.1, -0.05) is 61.2 Å². The highest BCUT2D eigenvalue weighted by molar-refractivity contribution is 7.14. The van der Waals surface area contributed by atoms with Crippen LogP contribution in [0.15, 0.2) is 78.2 Å². The van der Waals surface area contributed by atoms with Crippen LogP contribution in [0.2, 0.25) is 5.02 Å². The maximum Gasteiger partial charge on any atom is 0.335 e. The summed E-state index contributed by atoms with van der Waals surface area (Å²) in [5, 5.41) is 12.9. The van der Waals surface area contributed by atoms with Crippen molar-refractivity contribution in [2.24, 2.45) is 5.92 Å². The molecule has 1 aliphatic rings. The van der Waals surface area contributed by atoms with Crippen molar-refractivity contribution in [3.63, 3.8) is 0 Å². The van der Waals surface area contributed by atoms with Crippen LogP contribution >= 0.6 is 22.9 Å². The van der Waals surface area contributed by atoms with Gasteiger partial charge in [-0.05, 0) is 66.8 Å². The summed E-state index contributed by atoms with van der Waals surface area (Å²) in [5.74, 6) is 0.386. The molecule has 4 aromatic rings. The zero-order valence-electron chi connectivity index (χ0n) is 20.5. The van der Waals surface area contributed by atoms with Gasteiger partial charge in [0.1, 0.15) is 12.4 Å². The van der Waals surface area contributed by atoms with Gasteiger partial charge in [0.15, 0.2) is 5.13 Å². The number of hydrogen-bond acceptors (Lipinski definition) is 5. The average Bonchev–Trinajstić information content (AvgIpc) is 3.42. The third-order valence-corrected chi connectivity index (χ3v) is 7.87. The number of anilines is 2. The first-order valence-corrected chi connectivity index (χ1v) is 13.9. The van der Waals surface area contributed by atoms with Crippen LogP contribution in [0.5, 0.6) is 5.75 Å². The van der Waals surface area contributed by atoms with Crippen LogP contribution in [0, 0.1) is 5.92 Å². The Hall–Kier alpha value is -3.35. The number of benzene rings is 3. The van der Waals surface area contributed by atoms with Crippen LogP contribution in [-0.4, -0.2) is 22.6 Å². The van der Waals surface area contributed by atoms with Crippen LogP contribution in [0.3, 0.4) is 0 Å². The van der Waals surface area contributed by atoms with Crippen molar-refractivity contribution >= 4 is 39.7 Å². The largest absolute Gasteiger partial charge is 0.488 e. The molecule has 0 bridgehead atoms. The van der Waals surface area contributed by atoms with Crippen LogP contribution in [0.25, 0.3) is 11.3 Å². The number of aromatic nitrogens is 1. The van der Waals surface area contributed by atoms with Crippen molar-refractivity contribution in [2.45, 2.75) is 38.7 Å². The van der Waals surface area contributed by atoms with Crippen molar-refractivity contribution in [2.75, 3.05) is 11.4 Å². The van der Waals surface area contributed by atoms with E-state index in [0.717, 1.165) is 39.9 Å². The van der Waals surface area contributed by atoms with Crippen molar-refractivity contribution < 1.29 is 14.6 Å². The lowest BCUT2D eigenvalue weighted by Crippen LogP contribution is -2.26. The summed E-state index contributed by atoms with van der Waals surface area (Å²) in [6.45, 7) is 1.31. The molecule has 1 aliphatic carbocycles. The topological polar surface area (TPSA) is 62.7 Å². The Morgan fingerprint density at radius 3 is 2.51 bits per heavy atom. The molecular formula is C30H29ClN2O3S. The Morgan fingerprint density at radius 1 is 1.03 bits per heavy atom. The molecule has 0 aliphatic heterocycles. The Bertz CT molecular complexity index is 1330. The third-order valence-electron chi connectivity index (χ3n) is 6.77. The van der Waals surface area contributed by atoms with E-state index in [1.54, 1.807) is 23.5 Å². The molecule has 0 unspecified atom stereocenters. The van der Waals surface area contributed by atoms with Crippen LogP contribution in [0.1, 0.15) is 48.0 Å². The lowest BCUT2D eigenvalue weighted by molar-refractivity contribution is 0.0697. The van der Waals surface area contributed by atoms with Gasteiger partial charge in [0.05, 0.1) is 11.3 Å². The molecule has 5 rings (SSSR count). The van der Waals surface area contributed by atoms with E-state index in [1.165, 1.54) is 32.1 Å². The summed E-state index contributed by atoms with van der Waals surface area (Å²) in [4.78, 5) is 18.6. The fourth-order valence-electron chi connectivity index (χ4n) is 4.78. The van der Waals surface area contributed by atoms with Crippen molar-refractivity contribution in [3.05, 3.63) is 94.3 Å². The molecule has 0 amide bonds. The molecule has 0 atom stereocenters. The van der Waals surface area contributed by atoms with Gasteiger partial charge in [0.25, 0.3) is 0 Å². The predicted molar refractivity (Wildman–Crippen MR) is 150 cm³/mol. The molecule has 190 valence electrons. The van der Waals surface area contributed by atoms with Gasteiger partial charge in [-0.15, -0.1) is 11.3 Å². The van der Waals surface area contributed by atoms with E-state index in [-0.39, 0.29) is 5.56 Å². The molecule has 1 N–H and O–H groups in total. The average molecular weight is 533 g/mol. The zero-order valence-corrected chi connectivity index (χ0v) is 22.0. The number of thiazole rings is 1. The second kappa shape index (κ2) is 11.8. The normalized spacial score (nSPS) is 13.9. The maximum absolute atomic E-state index is 11.4. The van der Waals surface area contributed by atoms with Gasteiger partial charge in [-0.25, -0.2) is 9.78 Å². The Labute approximate surface area is 226 Å². The van der Waals surface area contributed by atoms with Gasteiger partial charge in [-0.2, -0.15) is 0 Å². The summed E-state index contributed by atoms with van der Waals surface area (Å²) in [7, 11) is 0. The first-order valence-electron chi connectivity index (χ1n) is 12.6. The second-order valence-electron chi connectivity index (χ2n) is 9.40. The lowest BCUT2D eigenvalue weighted by atomic mass is 9.89. The van der Waals surface area contributed by atoms with E-state index in [2.05, 4.69) is 4.90 Å². The molecule has 7 heteroatoms. The van der Waals surface area contributed by atoms with Crippen LogP contribution < -0.4 is 9.64 Å². The molecule has 3 aromatic carbocycles. The number of carbonyl (C=O) groups is 1. The number of hydrogen-bond donors (Lipinski definition) is 1. The van der Waals surface area contributed by atoms with Crippen LogP contribution in [-0.2, 0) is 6.61 Å². The Kier molecular flexibility index (Phi) is 8.07. The van der Waals surface area contributed by atoms with Crippen molar-refractivity contribution in [1.82, 2.24) is 4.98 Å². The van der Waals surface area contributed by atoms with Gasteiger partial charge < -0.3 is 14.7 Å². The molecule has 37 heavy (non-hydrogen) atoms. The first kappa shape index (κ1) is 25.3. The number of carboxylic acid groups (broad SMARTS) is 1. The maximum atomic E-state index is 11.4. The summed E-state index contributed by atoms with van der Waals surface area (Å²) >= 11 is 7.96. The van der Waals surface area contributed by atoms with E-state index in [9.17, 15) is 9.90 Å².